The van der Waals surface area contributed by atoms with Crippen LogP contribution >= 0.6 is 11.8 Å². The van der Waals surface area contributed by atoms with E-state index < -0.39 is 0 Å². The Morgan fingerprint density at radius 3 is 2.33 bits per heavy atom. The first-order chi connectivity index (χ1) is 20.5. The van der Waals surface area contributed by atoms with Crippen LogP contribution in [0.4, 0.5) is 0 Å². The maximum absolute atomic E-state index is 12.7. The Balaban J connectivity index is 1.24. The van der Waals surface area contributed by atoms with Crippen molar-refractivity contribution in [2.75, 3.05) is 12.9 Å². The standard InChI is InChI=1S/C33H31N5O3S/c1-23-9-14-27(15-10-23)32-36-37-33(38(32)28-16-11-24(2)12-17-28)42-22-31(39)35-34-20-26-13-18-29(40-3)30(19-26)41-21-25-7-5-4-6-8-25/h4-20H,21-22H2,1-3H3,(H,35,39)/b34-20+. The number of rotatable bonds is 11. The summed E-state index contributed by atoms with van der Waals surface area (Å²) in [6.45, 7) is 4.50. The molecule has 0 saturated heterocycles. The summed E-state index contributed by atoms with van der Waals surface area (Å²) in [5, 5.41) is 13.6. The lowest BCUT2D eigenvalue weighted by Crippen LogP contribution is -2.20. The number of thioether (sulfide) groups is 1. The molecular weight excluding hydrogens is 546 g/mol. The van der Waals surface area contributed by atoms with E-state index in [1.807, 2.05) is 115 Å². The fraction of sp³-hybridized carbons (Fsp3) is 0.152. The minimum atomic E-state index is -0.263. The topological polar surface area (TPSA) is 90.6 Å². The fourth-order valence-corrected chi connectivity index (χ4v) is 4.89. The van der Waals surface area contributed by atoms with Gasteiger partial charge in [-0.15, -0.1) is 10.2 Å². The van der Waals surface area contributed by atoms with E-state index >= 15 is 0 Å². The summed E-state index contributed by atoms with van der Waals surface area (Å²) >= 11 is 1.30. The molecule has 1 amide bonds. The summed E-state index contributed by atoms with van der Waals surface area (Å²) in [7, 11) is 1.60. The van der Waals surface area contributed by atoms with Crippen molar-refractivity contribution in [3.63, 3.8) is 0 Å². The summed E-state index contributed by atoms with van der Waals surface area (Å²) < 4.78 is 13.4. The molecule has 5 aromatic rings. The van der Waals surface area contributed by atoms with Gasteiger partial charge < -0.3 is 9.47 Å². The molecule has 0 aliphatic heterocycles. The third kappa shape index (κ3) is 7.24. The van der Waals surface area contributed by atoms with E-state index in [9.17, 15) is 4.79 Å². The van der Waals surface area contributed by atoms with Crippen LogP contribution in [-0.2, 0) is 11.4 Å². The average molecular weight is 578 g/mol. The number of nitrogens with zero attached hydrogens (tertiary/aromatic N) is 4. The first-order valence-corrected chi connectivity index (χ1v) is 14.4. The third-order valence-electron chi connectivity index (χ3n) is 6.40. The average Bonchev–Trinajstić information content (AvgIpc) is 3.44. The van der Waals surface area contributed by atoms with Crippen LogP contribution in [-0.4, -0.2) is 39.7 Å². The monoisotopic (exact) mass is 577 g/mol. The largest absolute Gasteiger partial charge is 0.493 e. The second-order valence-electron chi connectivity index (χ2n) is 9.61. The van der Waals surface area contributed by atoms with Gasteiger partial charge >= 0.3 is 0 Å². The Bertz CT molecular complexity index is 1670. The highest BCUT2D eigenvalue weighted by Gasteiger charge is 2.17. The number of hydrazone groups is 1. The van der Waals surface area contributed by atoms with Crippen molar-refractivity contribution in [3.8, 4) is 28.6 Å². The van der Waals surface area contributed by atoms with Crippen LogP contribution in [0.2, 0.25) is 0 Å². The Kier molecular flexibility index (Phi) is 9.30. The molecule has 42 heavy (non-hydrogen) atoms. The van der Waals surface area contributed by atoms with E-state index in [4.69, 9.17) is 9.47 Å². The fourth-order valence-electron chi connectivity index (χ4n) is 4.14. The molecule has 0 atom stereocenters. The zero-order valence-corrected chi connectivity index (χ0v) is 24.5. The molecule has 0 saturated carbocycles. The molecule has 0 bridgehead atoms. The van der Waals surface area contributed by atoms with Gasteiger partial charge in [-0.2, -0.15) is 5.10 Å². The van der Waals surface area contributed by atoms with Crippen LogP contribution in [0, 0.1) is 13.8 Å². The Labute approximate surface area is 249 Å². The molecule has 1 heterocycles. The van der Waals surface area contributed by atoms with Crippen LogP contribution in [0.3, 0.4) is 0 Å². The molecule has 0 aliphatic carbocycles. The summed E-state index contributed by atoms with van der Waals surface area (Å²) in [5.74, 6) is 1.77. The lowest BCUT2D eigenvalue weighted by molar-refractivity contribution is -0.118. The number of hydrogen-bond donors (Lipinski definition) is 1. The second-order valence-corrected chi connectivity index (χ2v) is 10.6. The van der Waals surface area contributed by atoms with Crippen LogP contribution < -0.4 is 14.9 Å². The minimum absolute atomic E-state index is 0.114. The predicted molar refractivity (Wildman–Crippen MR) is 166 cm³/mol. The number of carbonyl (C=O) groups is 1. The number of benzene rings is 4. The van der Waals surface area contributed by atoms with Crippen molar-refractivity contribution in [2.45, 2.75) is 25.6 Å². The summed E-state index contributed by atoms with van der Waals surface area (Å²) in [4.78, 5) is 12.7. The highest BCUT2D eigenvalue weighted by Crippen LogP contribution is 2.29. The molecule has 1 N–H and O–H groups in total. The lowest BCUT2D eigenvalue weighted by Gasteiger charge is -2.11. The zero-order chi connectivity index (χ0) is 29.3. The van der Waals surface area contributed by atoms with Crippen LogP contribution in [0.25, 0.3) is 17.1 Å². The van der Waals surface area contributed by atoms with Gasteiger partial charge in [0.1, 0.15) is 6.61 Å². The summed E-state index contributed by atoms with van der Waals surface area (Å²) in [6.07, 6.45) is 1.57. The Morgan fingerprint density at radius 1 is 0.905 bits per heavy atom. The Morgan fingerprint density at radius 2 is 1.62 bits per heavy atom. The van der Waals surface area contributed by atoms with Gasteiger partial charge in [0.05, 0.1) is 19.1 Å². The SMILES string of the molecule is COc1ccc(/C=N/NC(=O)CSc2nnc(-c3ccc(C)cc3)n2-c2ccc(C)cc2)cc1OCc1ccccc1. The maximum Gasteiger partial charge on any atom is 0.250 e. The first-order valence-electron chi connectivity index (χ1n) is 13.4. The maximum atomic E-state index is 12.7. The number of carbonyl (C=O) groups excluding carboxylic acids is 1. The van der Waals surface area contributed by atoms with Gasteiger partial charge in [0.15, 0.2) is 22.5 Å². The molecule has 0 fully saturated rings. The number of nitrogens with one attached hydrogen (secondary N) is 1. The molecule has 4 aromatic carbocycles. The van der Waals surface area contributed by atoms with Crippen molar-refractivity contribution in [1.82, 2.24) is 20.2 Å². The van der Waals surface area contributed by atoms with Gasteiger partial charge in [0.2, 0.25) is 0 Å². The molecule has 0 unspecified atom stereocenters. The predicted octanol–water partition coefficient (Wildman–Crippen LogP) is 6.38. The lowest BCUT2D eigenvalue weighted by atomic mass is 10.1. The van der Waals surface area contributed by atoms with Crippen LogP contribution in [0.1, 0.15) is 22.3 Å². The van der Waals surface area contributed by atoms with E-state index in [-0.39, 0.29) is 11.7 Å². The van der Waals surface area contributed by atoms with E-state index in [2.05, 4.69) is 20.7 Å². The van der Waals surface area contributed by atoms with Gasteiger partial charge in [-0.05, 0) is 55.3 Å². The van der Waals surface area contributed by atoms with Gasteiger partial charge in [-0.1, -0.05) is 89.6 Å². The van der Waals surface area contributed by atoms with E-state index in [0.29, 0.717) is 29.1 Å². The Hall–Kier alpha value is -4.89. The normalized spacial score (nSPS) is 11.0. The number of amides is 1. The summed E-state index contributed by atoms with van der Waals surface area (Å²) in [5.41, 5.74) is 8.59. The number of aryl methyl sites for hydroxylation is 2. The molecule has 5 rings (SSSR count). The molecule has 9 heteroatoms. The first kappa shape index (κ1) is 28.6. The van der Waals surface area contributed by atoms with Crippen molar-refractivity contribution in [3.05, 3.63) is 119 Å². The molecule has 8 nitrogen and oxygen atoms in total. The third-order valence-corrected chi connectivity index (χ3v) is 7.32. The van der Waals surface area contributed by atoms with E-state index in [1.54, 1.807) is 13.3 Å². The zero-order valence-electron chi connectivity index (χ0n) is 23.7. The highest BCUT2D eigenvalue weighted by molar-refractivity contribution is 7.99. The number of methoxy groups -OCH3 is 1. The smallest absolute Gasteiger partial charge is 0.250 e. The van der Waals surface area contributed by atoms with E-state index in [1.165, 1.54) is 11.8 Å². The molecule has 212 valence electrons. The van der Waals surface area contributed by atoms with Crippen LogP contribution in [0.5, 0.6) is 11.5 Å². The van der Waals surface area contributed by atoms with E-state index in [0.717, 1.165) is 33.5 Å². The number of hydrogen-bond acceptors (Lipinski definition) is 7. The molecule has 1 aromatic heterocycles. The quantitative estimate of drug-likeness (QED) is 0.111. The van der Waals surface area contributed by atoms with Crippen molar-refractivity contribution < 1.29 is 14.3 Å². The van der Waals surface area contributed by atoms with Crippen LogP contribution in [0.15, 0.2) is 107 Å². The van der Waals surface area contributed by atoms with Crippen molar-refractivity contribution >= 4 is 23.9 Å². The number of ether oxygens (including phenoxy) is 2. The van der Waals surface area contributed by atoms with Crippen molar-refractivity contribution in [1.29, 1.82) is 0 Å². The molecule has 0 radical (unpaired) electrons. The molecule has 0 aliphatic rings. The summed E-state index contributed by atoms with van der Waals surface area (Å²) in [6, 6.07) is 31.6. The molecule has 0 spiro atoms. The number of aromatic nitrogens is 3. The van der Waals surface area contributed by atoms with Gasteiger partial charge in [-0.3, -0.25) is 9.36 Å². The second kappa shape index (κ2) is 13.6. The van der Waals surface area contributed by atoms with Gasteiger partial charge in [0.25, 0.3) is 5.91 Å². The van der Waals surface area contributed by atoms with Gasteiger partial charge in [0, 0.05) is 11.3 Å². The molecular formula is C33H31N5O3S. The van der Waals surface area contributed by atoms with Crippen molar-refractivity contribution in [2.24, 2.45) is 5.10 Å². The van der Waals surface area contributed by atoms with Gasteiger partial charge in [-0.25, -0.2) is 5.43 Å². The minimum Gasteiger partial charge on any atom is -0.493 e. The highest BCUT2D eigenvalue weighted by atomic mass is 32.2.